The number of para-hydroxylation sites is 1. The Morgan fingerprint density at radius 2 is 1.20 bits per heavy atom. The number of ketones is 2. The van der Waals surface area contributed by atoms with Crippen LogP contribution in [0.1, 0.15) is 97.3 Å². The van der Waals surface area contributed by atoms with Gasteiger partial charge in [-0.3, -0.25) is 14.4 Å². The van der Waals surface area contributed by atoms with E-state index in [2.05, 4.69) is 78.8 Å². The van der Waals surface area contributed by atoms with E-state index >= 15 is 4.79 Å². The number of carbonyl (C=O) groups is 3. The summed E-state index contributed by atoms with van der Waals surface area (Å²) < 4.78 is 6.58. The molecule has 0 fully saturated rings. The number of hydrogen-bond donors (Lipinski definition) is 0. The van der Waals surface area contributed by atoms with Crippen LogP contribution < -0.4 is 4.90 Å². The summed E-state index contributed by atoms with van der Waals surface area (Å²) in [5, 5.41) is 0. The summed E-state index contributed by atoms with van der Waals surface area (Å²) in [6, 6.07) is 16.6. The average Bonchev–Trinajstić information content (AvgIpc) is 3.10. The van der Waals surface area contributed by atoms with E-state index in [1.807, 2.05) is 23.1 Å². The van der Waals surface area contributed by atoms with Crippen LogP contribution in [0.25, 0.3) is 0 Å². The predicted octanol–water partition coefficient (Wildman–Crippen LogP) is 7.08. The molecule has 1 unspecified atom stereocenters. The highest BCUT2D eigenvalue weighted by Crippen LogP contribution is 2.65. The van der Waals surface area contributed by atoms with Gasteiger partial charge in [-0.15, -0.1) is 0 Å². The highest BCUT2D eigenvalue weighted by molar-refractivity contribution is 6.25. The van der Waals surface area contributed by atoms with Gasteiger partial charge in [0, 0.05) is 42.2 Å². The lowest BCUT2D eigenvalue weighted by Gasteiger charge is -2.50. The molecule has 1 amide bonds. The molecule has 3 aliphatic heterocycles. The van der Waals surface area contributed by atoms with E-state index in [0.717, 1.165) is 16.8 Å². The molecule has 5 nitrogen and oxygen atoms in total. The molecule has 2 aromatic rings. The molecule has 0 aromatic heterocycles. The van der Waals surface area contributed by atoms with Crippen molar-refractivity contribution in [1.29, 1.82) is 0 Å². The van der Waals surface area contributed by atoms with Gasteiger partial charge in [0.05, 0.1) is 16.8 Å². The molecule has 1 spiro atoms. The maximum atomic E-state index is 15.3. The first-order chi connectivity index (χ1) is 19.1. The Hall–Kier alpha value is -3.47. The van der Waals surface area contributed by atoms with Crippen LogP contribution in [0.15, 0.2) is 71.2 Å². The van der Waals surface area contributed by atoms with Crippen molar-refractivity contribution in [2.45, 2.75) is 96.9 Å². The molecular formula is C36H39NO4. The summed E-state index contributed by atoms with van der Waals surface area (Å²) in [4.78, 5) is 45.7. The second-order valence-corrected chi connectivity index (χ2v) is 15.4. The van der Waals surface area contributed by atoms with Crippen molar-refractivity contribution in [2.24, 2.45) is 10.8 Å². The minimum absolute atomic E-state index is 0.0881. The van der Waals surface area contributed by atoms with Crippen molar-refractivity contribution in [3.8, 4) is 0 Å². The zero-order chi connectivity index (χ0) is 29.3. The molecule has 0 saturated carbocycles. The molecule has 5 heteroatoms. The molecule has 0 N–H and O–H groups in total. The van der Waals surface area contributed by atoms with Gasteiger partial charge in [-0.05, 0) is 42.2 Å². The van der Waals surface area contributed by atoms with Crippen molar-refractivity contribution >= 4 is 23.2 Å². The standard InChI is InChI=1S/C36H39NO4/c1-32(2)16-24(38)28-26(18-32)41-27-19-33(3,4)17-25(39)29(27)36(28)23-15-11-14-22-30(23)37(31(36)40)34(5,6)20-35(22,7)21-12-9-8-10-13-21/h8-15H,16-20H2,1-7H3. The van der Waals surface area contributed by atoms with Crippen molar-refractivity contribution in [3.05, 3.63) is 87.9 Å². The Morgan fingerprint density at radius 3 is 1.76 bits per heavy atom. The van der Waals surface area contributed by atoms with E-state index < -0.39 is 11.0 Å². The Morgan fingerprint density at radius 1 is 0.659 bits per heavy atom. The monoisotopic (exact) mass is 549 g/mol. The number of hydrogen-bond acceptors (Lipinski definition) is 4. The van der Waals surface area contributed by atoms with Gasteiger partial charge in [-0.1, -0.05) is 83.1 Å². The van der Waals surface area contributed by atoms with Crippen LogP contribution in [0.5, 0.6) is 0 Å². The van der Waals surface area contributed by atoms with Crippen molar-refractivity contribution in [2.75, 3.05) is 4.90 Å². The van der Waals surface area contributed by atoms with Crippen LogP contribution in [0.3, 0.4) is 0 Å². The number of amides is 1. The number of fused-ring (bicyclic) bond motifs is 3. The first kappa shape index (κ1) is 26.4. The van der Waals surface area contributed by atoms with Crippen molar-refractivity contribution < 1.29 is 19.1 Å². The third kappa shape index (κ3) is 3.32. The normalized spacial score (nSPS) is 28.4. The number of rotatable bonds is 1. The summed E-state index contributed by atoms with van der Waals surface area (Å²) in [6.45, 7) is 14.8. The van der Waals surface area contributed by atoms with Crippen LogP contribution in [0.4, 0.5) is 5.69 Å². The van der Waals surface area contributed by atoms with Gasteiger partial charge in [0.15, 0.2) is 11.6 Å². The SMILES string of the molecule is CC1(C)CC(=O)C2=C(C1)OC1=C(C(=O)CC(C)(C)C1)C21C(=O)N2c3c1cccc3C(C)(c1ccccc1)CC2(C)C. The molecule has 2 aromatic carbocycles. The van der Waals surface area contributed by atoms with E-state index in [0.29, 0.717) is 54.8 Å². The maximum Gasteiger partial charge on any atom is 0.247 e. The van der Waals surface area contributed by atoms with Gasteiger partial charge in [0.1, 0.15) is 16.9 Å². The third-order valence-electron chi connectivity index (χ3n) is 10.3. The fourth-order valence-electron chi connectivity index (χ4n) is 8.89. The lowest BCUT2D eigenvalue weighted by atomic mass is 9.58. The van der Waals surface area contributed by atoms with Gasteiger partial charge >= 0.3 is 0 Å². The quantitative estimate of drug-likeness (QED) is 0.381. The van der Waals surface area contributed by atoms with Crippen LogP contribution in [0, 0.1) is 10.8 Å². The minimum Gasteiger partial charge on any atom is -0.465 e. The Bertz CT molecular complexity index is 1580. The molecule has 0 radical (unpaired) electrons. The Kier molecular flexibility index (Phi) is 5.08. The van der Waals surface area contributed by atoms with Crippen molar-refractivity contribution in [3.63, 3.8) is 0 Å². The van der Waals surface area contributed by atoms with Gasteiger partial charge in [-0.25, -0.2) is 0 Å². The number of benzene rings is 2. The molecule has 41 heavy (non-hydrogen) atoms. The molecule has 0 bridgehead atoms. The first-order valence-electron chi connectivity index (χ1n) is 14.9. The van der Waals surface area contributed by atoms with Gasteiger partial charge in [-0.2, -0.15) is 0 Å². The smallest absolute Gasteiger partial charge is 0.247 e. The summed E-state index contributed by atoms with van der Waals surface area (Å²) in [5.41, 5.74) is 1.66. The summed E-state index contributed by atoms with van der Waals surface area (Å²) >= 11 is 0. The summed E-state index contributed by atoms with van der Waals surface area (Å²) in [5.74, 6) is 0.795. The van der Waals surface area contributed by atoms with Crippen LogP contribution in [-0.2, 0) is 30.0 Å². The number of nitrogens with zero attached hydrogens (tertiary/aromatic N) is 1. The molecule has 5 aliphatic rings. The topological polar surface area (TPSA) is 63.7 Å². The van der Waals surface area contributed by atoms with Gasteiger partial charge in [0.25, 0.3) is 0 Å². The Labute approximate surface area is 242 Å². The zero-order valence-corrected chi connectivity index (χ0v) is 25.2. The van der Waals surface area contributed by atoms with E-state index in [1.54, 1.807) is 0 Å². The van der Waals surface area contributed by atoms with Gasteiger partial charge < -0.3 is 9.64 Å². The molecule has 2 aliphatic carbocycles. The second-order valence-electron chi connectivity index (χ2n) is 15.4. The molecule has 3 heterocycles. The molecule has 0 saturated heterocycles. The fourth-order valence-corrected chi connectivity index (χ4v) is 8.89. The first-order valence-corrected chi connectivity index (χ1v) is 14.9. The van der Waals surface area contributed by atoms with Gasteiger partial charge in [0.2, 0.25) is 5.91 Å². The fraction of sp³-hybridized carbons (Fsp3) is 0.472. The summed E-state index contributed by atoms with van der Waals surface area (Å²) in [6.07, 6.45) is 2.43. The Balaban J connectivity index is 1.60. The van der Waals surface area contributed by atoms with E-state index in [4.69, 9.17) is 4.74 Å². The largest absolute Gasteiger partial charge is 0.465 e. The van der Waals surface area contributed by atoms with E-state index in [-0.39, 0.29) is 33.7 Å². The molecule has 1 atom stereocenters. The van der Waals surface area contributed by atoms with Crippen LogP contribution >= 0.6 is 0 Å². The lowest BCUT2D eigenvalue weighted by molar-refractivity contribution is -0.129. The molecular weight excluding hydrogens is 510 g/mol. The van der Waals surface area contributed by atoms with Crippen LogP contribution in [-0.4, -0.2) is 23.0 Å². The number of anilines is 1. The number of ether oxygens (including phenoxy) is 1. The predicted molar refractivity (Wildman–Crippen MR) is 158 cm³/mol. The number of allylic oxidation sites excluding steroid dienone is 2. The number of carbonyl (C=O) groups excluding carboxylic acids is 3. The minimum atomic E-state index is -1.48. The average molecular weight is 550 g/mol. The lowest BCUT2D eigenvalue weighted by Crippen LogP contribution is -2.59. The maximum absolute atomic E-state index is 15.3. The highest BCUT2D eigenvalue weighted by atomic mass is 16.5. The van der Waals surface area contributed by atoms with Crippen LogP contribution in [0.2, 0.25) is 0 Å². The zero-order valence-electron chi connectivity index (χ0n) is 25.2. The van der Waals surface area contributed by atoms with E-state index in [1.165, 1.54) is 5.56 Å². The molecule has 212 valence electrons. The highest BCUT2D eigenvalue weighted by Gasteiger charge is 2.68. The third-order valence-corrected chi connectivity index (χ3v) is 10.3. The summed E-state index contributed by atoms with van der Waals surface area (Å²) in [7, 11) is 0. The molecule has 7 rings (SSSR count). The number of Topliss-reactive ketones (excluding diaryl/α,β-unsaturated/α-hetero) is 2. The van der Waals surface area contributed by atoms with Crippen molar-refractivity contribution in [1.82, 2.24) is 0 Å². The van der Waals surface area contributed by atoms with E-state index in [9.17, 15) is 9.59 Å². The second kappa shape index (κ2) is 7.87.